The lowest BCUT2D eigenvalue weighted by Gasteiger charge is -2.38. The molecule has 1 unspecified atom stereocenters. The molecule has 1 aliphatic heterocycles. The van der Waals surface area contributed by atoms with Crippen molar-refractivity contribution >= 4 is 46.3 Å². The van der Waals surface area contributed by atoms with Crippen molar-refractivity contribution < 1.29 is 18.9 Å². The van der Waals surface area contributed by atoms with Gasteiger partial charge in [0.05, 0.1) is 9.75 Å². The zero-order chi connectivity index (χ0) is 18.8. The van der Waals surface area contributed by atoms with Crippen LogP contribution >= 0.6 is 22.9 Å². The number of hydrogen-bond donors (Lipinski definition) is 1. The highest BCUT2D eigenvalue weighted by molar-refractivity contribution is 7.92. The van der Waals surface area contributed by atoms with Gasteiger partial charge < -0.3 is 14.2 Å². The molecular formula is C16H23ClN2O4S2. The molecule has 1 aromatic rings. The predicted octanol–water partition coefficient (Wildman–Crippen LogP) is 3.58. The van der Waals surface area contributed by atoms with E-state index >= 15 is 0 Å². The molecule has 0 radical (unpaired) electrons. The third-order valence-corrected chi connectivity index (χ3v) is 6.59. The lowest BCUT2D eigenvalue weighted by atomic mass is 9.80. The van der Waals surface area contributed by atoms with Gasteiger partial charge in [0.25, 0.3) is 5.91 Å². The van der Waals surface area contributed by atoms with Crippen molar-refractivity contribution in [3.63, 3.8) is 0 Å². The number of piperidine rings is 1. The quantitative estimate of drug-likeness (QED) is 0.778. The van der Waals surface area contributed by atoms with E-state index in [1.165, 1.54) is 11.3 Å². The van der Waals surface area contributed by atoms with Crippen molar-refractivity contribution in [1.82, 2.24) is 9.62 Å². The number of halogens is 1. The Bertz CT molecular complexity index is 636. The number of amides is 2. The molecule has 0 spiro atoms. The minimum atomic E-state index is -1.62. The van der Waals surface area contributed by atoms with Crippen LogP contribution in [0.2, 0.25) is 4.34 Å². The van der Waals surface area contributed by atoms with Crippen LogP contribution < -0.4 is 4.72 Å². The monoisotopic (exact) mass is 406 g/mol. The first kappa shape index (κ1) is 20.4. The lowest BCUT2D eigenvalue weighted by molar-refractivity contribution is -0.130. The molecule has 9 heteroatoms. The second-order valence-corrected chi connectivity index (χ2v) is 10.4. The van der Waals surface area contributed by atoms with Gasteiger partial charge in [-0.1, -0.05) is 29.9 Å². The minimum absolute atomic E-state index is 0.279. The van der Waals surface area contributed by atoms with E-state index in [1.807, 2.05) is 27.7 Å². The SMILES string of the molecule is CC(C)(C)OC(=O)N1CCC(C)(C(=O)N[S+]([O-])c2ccc(Cl)s2)CC1. The maximum atomic E-state index is 12.5. The number of likely N-dealkylation sites (tertiary alicyclic amines) is 1. The average Bonchev–Trinajstić information content (AvgIpc) is 2.92. The molecule has 1 fully saturated rings. The van der Waals surface area contributed by atoms with Crippen LogP contribution in [0.4, 0.5) is 4.79 Å². The molecule has 1 saturated heterocycles. The van der Waals surface area contributed by atoms with E-state index in [4.69, 9.17) is 16.3 Å². The van der Waals surface area contributed by atoms with Crippen molar-refractivity contribution in [2.24, 2.45) is 5.41 Å². The molecule has 0 aliphatic carbocycles. The standard InChI is InChI=1S/C16H23ClN2O4S2/c1-15(2,3)23-14(21)19-9-7-16(4,8-10-19)13(20)18-25(22)12-6-5-11(17)24-12/h5-6H,7-10H2,1-4H3,(H,18,20). The molecule has 0 saturated carbocycles. The molecule has 1 atom stereocenters. The van der Waals surface area contributed by atoms with Gasteiger partial charge in [-0.3, -0.25) is 4.79 Å². The number of hydrogen-bond acceptors (Lipinski definition) is 5. The zero-order valence-corrected chi connectivity index (χ0v) is 17.1. The smallest absolute Gasteiger partial charge is 0.410 e. The van der Waals surface area contributed by atoms with Crippen molar-refractivity contribution in [2.45, 2.75) is 50.3 Å². The molecule has 2 amide bonds. The number of ether oxygens (including phenoxy) is 1. The van der Waals surface area contributed by atoms with Crippen LogP contribution in [-0.4, -0.2) is 40.1 Å². The number of carbonyl (C=O) groups excluding carboxylic acids is 2. The first-order valence-corrected chi connectivity index (χ1v) is 10.3. The van der Waals surface area contributed by atoms with E-state index in [9.17, 15) is 14.1 Å². The zero-order valence-electron chi connectivity index (χ0n) is 14.8. The number of rotatable bonds is 3. The summed E-state index contributed by atoms with van der Waals surface area (Å²) in [6.45, 7) is 8.13. The van der Waals surface area contributed by atoms with Gasteiger partial charge in [0, 0.05) is 19.2 Å². The summed E-state index contributed by atoms with van der Waals surface area (Å²) in [5, 5.41) is 0. The van der Waals surface area contributed by atoms with Crippen LogP contribution in [0, 0.1) is 5.41 Å². The van der Waals surface area contributed by atoms with Crippen LogP contribution in [0.25, 0.3) is 0 Å². The Morgan fingerprint density at radius 3 is 2.44 bits per heavy atom. The maximum absolute atomic E-state index is 12.5. The normalized spacial score (nSPS) is 18.6. The molecule has 0 aromatic carbocycles. The van der Waals surface area contributed by atoms with Gasteiger partial charge in [-0.15, -0.1) is 0 Å². The Morgan fingerprint density at radius 1 is 1.36 bits per heavy atom. The van der Waals surface area contributed by atoms with Gasteiger partial charge in [-0.05, 0) is 39.7 Å². The fourth-order valence-corrected chi connectivity index (χ4v) is 4.71. The van der Waals surface area contributed by atoms with Crippen LogP contribution in [0.3, 0.4) is 0 Å². The first-order chi connectivity index (χ1) is 11.5. The molecule has 2 rings (SSSR count). The second-order valence-electron chi connectivity index (χ2n) is 7.29. The lowest BCUT2D eigenvalue weighted by Crippen LogP contribution is -2.50. The van der Waals surface area contributed by atoms with Gasteiger partial charge >= 0.3 is 6.09 Å². The van der Waals surface area contributed by atoms with Gasteiger partial charge in [0.2, 0.25) is 4.21 Å². The van der Waals surface area contributed by atoms with Crippen LogP contribution in [0.5, 0.6) is 0 Å². The Balaban J connectivity index is 1.90. The van der Waals surface area contributed by atoms with Gasteiger partial charge in [0.15, 0.2) is 0 Å². The van der Waals surface area contributed by atoms with E-state index in [2.05, 4.69) is 4.72 Å². The van der Waals surface area contributed by atoms with E-state index in [0.29, 0.717) is 34.5 Å². The molecule has 1 N–H and O–H groups in total. The molecule has 25 heavy (non-hydrogen) atoms. The van der Waals surface area contributed by atoms with Crippen LogP contribution in [0.15, 0.2) is 16.3 Å². The third kappa shape index (κ3) is 5.51. The van der Waals surface area contributed by atoms with Crippen molar-refractivity contribution in [2.75, 3.05) is 13.1 Å². The van der Waals surface area contributed by atoms with Gasteiger partial charge in [-0.25, -0.2) is 4.79 Å². The largest absolute Gasteiger partial charge is 0.587 e. The summed E-state index contributed by atoms with van der Waals surface area (Å²) in [6, 6.07) is 3.28. The molecule has 0 bridgehead atoms. The number of carbonyl (C=O) groups is 2. The number of nitrogens with one attached hydrogen (secondary N) is 1. The Morgan fingerprint density at radius 2 is 1.96 bits per heavy atom. The van der Waals surface area contributed by atoms with Crippen LogP contribution in [-0.2, 0) is 20.9 Å². The summed E-state index contributed by atoms with van der Waals surface area (Å²) in [6.07, 6.45) is 0.604. The summed E-state index contributed by atoms with van der Waals surface area (Å²) >= 11 is 5.38. The molecule has 1 aliphatic rings. The number of thiophene rings is 1. The summed E-state index contributed by atoms with van der Waals surface area (Å²) in [4.78, 5) is 26.3. The molecule has 2 heterocycles. The molecular weight excluding hydrogens is 384 g/mol. The van der Waals surface area contributed by atoms with E-state index in [1.54, 1.807) is 17.0 Å². The fraction of sp³-hybridized carbons (Fsp3) is 0.625. The first-order valence-electron chi connectivity index (χ1n) is 7.96. The van der Waals surface area contributed by atoms with Crippen molar-refractivity contribution in [3.8, 4) is 0 Å². The highest BCUT2D eigenvalue weighted by Gasteiger charge is 2.41. The highest BCUT2D eigenvalue weighted by atomic mass is 35.5. The number of nitrogens with zero attached hydrogens (tertiary/aromatic N) is 1. The second kappa shape index (κ2) is 7.73. The average molecular weight is 407 g/mol. The van der Waals surface area contributed by atoms with Crippen molar-refractivity contribution in [3.05, 3.63) is 16.5 Å². The Kier molecular flexibility index (Phi) is 6.30. The summed E-state index contributed by atoms with van der Waals surface area (Å²) in [5.74, 6) is -0.279. The van der Waals surface area contributed by atoms with Gasteiger partial charge in [-0.2, -0.15) is 4.72 Å². The highest BCUT2D eigenvalue weighted by Crippen LogP contribution is 2.33. The summed E-state index contributed by atoms with van der Waals surface area (Å²) < 4.78 is 21.2. The van der Waals surface area contributed by atoms with Gasteiger partial charge in [0.1, 0.15) is 17.0 Å². The third-order valence-electron chi connectivity index (χ3n) is 3.98. The predicted molar refractivity (Wildman–Crippen MR) is 99.0 cm³/mol. The molecule has 1 aromatic heterocycles. The van der Waals surface area contributed by atoms with E-state index < -0.39 is 22.4 Å². The van der Waals surface area contributed by atoms with E-state index in [0.717, 1.165) is 0 Å². The van der Waals surface area contributed by atoms with Crippen molar-refractivity contribution in [1.29, 1.82) is 0 Å². The maximum Gasteiger partial charge on any atom is 0.410 e. The Labute approximate surface area is 160 Å². The minimum Gasteiger partial charge on any atom is -0.587 e. The fourth-order valence-electron chi connectivity index (χ4n) is 2.39. The summed E-state index contributed by atoms with van der Waals surface area (Å²) in [5.41, 5.74) is -1.22. The molecule has 6 nitrogen and oxygen atoms in total. The van der Waals surface area contributed by atoms with E-state index in [-0.39, 0.29) is 12.0 Å². The summed E-state index contributed by atoms with van der Waals surface area (Å²) in [7, 11) is 0. The van der Waals surface area contributed by atoms with Crippen LogP contribution in [0.1, 0.15) is 40.5 Å². The molecule has 140 valence electrons. The topological polar surface area (TPSA) is 81.7 Å². The Hall–Kier alpha value is -0.960.